The van der Waals surface area contributed by atoms with Crippen LogP contribution in [-0.4, -0.2) is 41.4 Å². The van der Waals surface area contributed by atoms with Gasteiger partial charge in [0.1, 0.15) is 12.3 Å². The van der Waals surface area contributed by atoms with Gasteiger partial charge in [-0.25, -0.2) is 0 Å². The molecule has 0 bridgehead atoms. The third-order valence-corrected chi connectivity index (χ3v) is 5.79. The number of carbonyl (C=O) groups is 1. The summed E-state index contributed by atoms with van der Waals surface area (Å²) >= 11 is 0. The summed E-state index contributed by atoms with van der Waals surface area (Å²) in [5.41, 5.74) is 2.91. The first-order valence-corrected chi connectivity index (χ1v) is 10.6. The van der Waals surface area contributed by atoms with E-state index in [1.807, 2.05) is 50.2 Å². The van der Waals surface area contributed by atoms with Crippen molar-refractivity contribution in [1.82, 2.24) is 0 Å². The largest absolute Gasteiger partial charge is 0.494 e. The van der Waals surface area contributed by atoms with Crippen LogP contribution in [0.15, 0.2) is 48.5 Å². The summed E-state index contributed by atoms with van der Waals surface area (Å²) < 4.78 is 5.96. The molecule has 1 aliphatic rings. The average Bonchev–Trinajstić information content (AvgIpc) is 2.87. The lowest BCUT2D eigenvalue weighted by Gasteiger charge is -2.41. The highest BCUT2D eigenvalue weighted by atomic mass is 16.5. The monoisotopic (exact) mass is 397 g/mol. The average molecular weight is 398 g/mol. The van der Waals surface area contributed by atoms with Gasteiger partial charge >= 0.3 is 0 Å². The Hall–Kier alpha value is -2.37. The summed E-state index contributed by atoms with van der Waals surface area (Å²) in [6.45, 7) is 6.22. The number of amides is 1. The van der Waals surface area contributed by atoms with Crippen molar-refractivity contribution < 1.29 is 19.1 Å². The number of likely N-dealkylation sites (tertiary alicyclic amines) is 1. The molecule has 2 aromatic rings. The predicted molar refractivity (Wildman–Crippen MR) is 116 cm³/mol. The Labute approximate surface area is 173 Å². The standard InChI is InChI=1S/C24H32N2O3/c1-3-29-21-14-13-19(2)22(16-21)25-23(27)18-26(15-9-5-8-12-24(26)28)17-20-10-6-4-7-11-20/h4,6-7,10-11,13-14,16,24,28H,3,5,8-9,12,15,17-18H2,1-2H3/p+1. The molecule has 1 amide bonds. The molecule has 0 saturated carbocycles. The second-order valence-electron chi connectivity index (χ2n) is 8.03. The van der Waals surface area contributed by atoms with E-state index in [1.54, 1.807) is 0 Å². The van der Waals surface area contributed by atoms with Crippen LogP contribution in [0.1, 0.15) is 43.7 Å². The van der Waals surface area contributed by atoms with E-state index in [0.29, 0.717) is 17.6 Å². The van der Waals surface area contributed by atoms with Gasteiger partial charge in [0.2, 0.25) is 0 Å². The number of aliphatic hydroxyl groups is 1. The fourth-order valence-corrected chi connectivity index (χ4v) is 4.19. The van der Waals surface area contributed by atoms with Crippen molar-refractivity contribution in [2.75, 3.05) is 25.0 Å². The van der Waals surface area contributed by atoms with Gasteiger partial charge in [-0.15, -0.1) is 0 Å². The van der Waals surface area contributed by atoms with Gasteiger partial charge in [0.05, 0.1) is 13.2 Å². The van der Waals surface area contributed by atoms with Gasteiger partial charge in [-0.3, -0.25) is 9.28 Å². The molecule has 0 aliphatic carbocycles. The quantitative estimate of drug-likeness (QED) is 0.687. The number of quaternary nitrogens is 1. The van der Waals surface area contributed by atoms with Crippen molar-refractivity contribution in [3.05, 3.63) is 59.7 Å². The van der Waals surface area contributed by atoms with E-state index in [1.165, 1.54) is 0 Å². The van der Waals surface area contributed by atoms with E-state index < -0.39 is 6.23 Å². The number of hydrogen-bond acceptors (Lipinski definition) is 3. The maximum Gasteiger partial charge on any atom is 0.279 e. The fraction of sp³-hybridized carbons (Fsp3) is 0.458. The van der Waals surface area contributed by atoms with Crippen LogP contribution in [0.25, 0.3) is 0 Å². The highest BCUT2D eigenvalue weighted by molar-refractivity contribution is 5.92. The molecule has 2 atom stereocenters. The summed E-state index contributed by atoms with van der Waals surface area (Å²) in [6, 6.07) is 15.9. The number of rotatable bonds is 7. The molecule has 0 spiro atoms. The molecule has 5 nitrogen and oxygen atoms in total. The first kappa shape index (κ1) is 21.3. The topological polar surface area (TPSA) is 58.6 Å². The summed E-state index contributed by atoms with van der Waals surface area (Å²) in [5, 5.41) is 14.1. The Bertz CT molecular complexity index is 809. The summed E-state index contributed by atoms with van der Waals surface area (Å²) in [6.07, 6.45) is 3.34. The Kier molecular flexibility index (Phi) is 7.29. The lowest BCUT2D eigenvalue weighted by atomic mass is 10.1. The zero-order chi connectivity index (χ0) is 20.7. The van der Waals surface area contributed by atoms with Crippen molar-refractivity contribution in [2.24, 2.45) is 0 Å². The second kappa shape index (κ2) is 9.90. The zero-order valence-corrected chi connectivity index (χ0v) is 17.6. The predicted octanol–water partition coefficient (Wildman–Crippen LogP) is 4.24. The van der Waals surface area contributed by atoms with E-state index in [-0.39, 0.29) is 12.5 Å². The van der Waals surface area contributed by atoms with Gasteiger partial charge in [-0.1, -0.05) is 36.4 Å². The highest BCUT2D eigenvalue weighted by Crippen LogP contribution is 2.28. The molecule has 1 saturated heterocycles. The number of aliphatic hydroxyl groups excluding tert-OH is 1. The van der Waals surface area contributed by atoms with E-state index in [9.17, 15) is 9.90 Å². The summed E-state index contributed by atoms with van der Waals surface area (Å²) in [4.78, 5) is 13.1. The molecular formula is C24H33N2O3+. The van der Waals surface area contributed by atoms with Crippen LogP contribution in [0.5, 0.6) is 5.75 Å². The Morgan fingerprint density at radius 2 is 1.97 bits per heavy atom. The smallest absolute Gasteiger partial charge is 0.279 e. The van der Waals surface area contributed by atoms with Crippen molar-refractivity contribution >= 4 is 11.6 Å². The Morgan fingerprint density at radius 3 is 2.72 bits per heavy atom. The Balaban J connectivity index is 1.80. The molecule has 1 aliphatic heterocycles. The number of nitrogens with one attached hydrogen (secondary N) is 1. The molecule has 5 heteroatoms. The van der Waals surface area contributed by atoms with Crippen LogP contribution in [-0.2, 0) is 11.3 Å². The molecule has 2 N–H and O–H groups in total. The third kappa shape index (κ3) is 5.58. The molecule has 0 radical (unpaired) electrons. The number of ether oxygens (including phenoxy) is 1. The number of hydrogen-bond donors (Lipinski definition) is 2. The van der Waals surface area contributed by atoms with Crippen LogP contribution in [0.3, 0.4) is 0 Å². The molecule has 1 heterocycles. The summed E-state index contributed by atoms with van der Waals surface area (Å²) in [7, 11) is 0. The highest BCUT2D eigenvalue weighted by Gasteiger charge is 2.39. The molecule has 1 fully saturated rings. The van der Waals surface area contributed by atoms with Gasteiger partial charge in [-0.2, -0.15) is 0 Å². The van der Waals surface area contributed by atoms with Gasteiger partial charge in [-0.05, 0) is 44.7 Å². The van der Waals surface area contributed by atoms with Crippen molar-refractivity contribution in [2.45, 2.75) is 52.3 Å². The molecule has 2 aromatic carbocycles. The van der Waals surface area contributed by atoms with Crippen molar-refractivity contribution in [1.29, 1.82) is 0 Å². The summed E-state index contributed by atoms with van der Waals surface area (Å²) in [5.74, 6) is 0.676. The van der Waals surface area contributed by atoms with Crippen molar-refractivity contribution in [3.63, 3.8) is 0 Å². The second-order valence-corrected chi connectivity index (χ2v) is 8.03. The van der Waals surface area contributed by atoms with Crippen LogP contribution in [0.2, 0.25) is 0 Å². The van der Waals surface area contributed by atoms with E-state index in [4.69, 9.17) is 4.74 Å². The Morgan fingerprint density at radius 1 is 1.17 bits per heavy atom. The molecule has 29 heavy (non-hydrogen) atoms. The van der Waals surface area contributed by atoms with Crippen molar-refractivity contribution in [3.8, 4) is 5.75 Å². The fourth-order valence-electron chi connectivity index (χ4n) is 4.19. The van der Waals surface area contributed by atoms with Gasteiger partial charge in [0, 0.05) is 23.7 Å². The first-order valence-electron chi connectivity index (χ1n) is 10.6. The van der Waals surface area contributed by atoms with Gasteiger partial charge < -0.3 is 15.2 Å². The van der Waals surface area contributed by atoms with Gasteiger partial charge in [0.15, 0.2) is 12.8 Å². The lowest BCUT2D eigenvalue weighted by molar-refractivity contribution is -0.975. The van der Waals surface area contributed by atoms with Gasteiger partial charge in [0.25, 0.3) is 5.91 Å². The molecule has 156 valence electrons. The number of carbonyl (C=O) groups excluding carboxylic acids is 1. The van der Waals surface area contributed by atoms with E-state index in [0.717, 1.165) is 54.8 Å². The normalized spacial score (nSPS) is 22.0. The number of aryl methyl sites for hydroxylation is 1. The maximum atomic E-state index is 13.1. The van der Waals surface area contributed by atoms with E-state index >= 15 is 0 Å². The molecular weight excluding hydrogens is 364 g/mol. The van der Waals surface area contributed by atoms with Crippen LogP contribution >= 0.6 is 0 Å². The molecule has 0 aromatic heterocycles. The lowest BCUT2D eigenvalue weighted by Crippen LogP contribution is -2.58. The SMILES string of the molecule is CCOc1ccc(C)c(NC(=O)C[N+]2(Cc3ccccc3)CCCCCC2O)c1. The number of nitrogens with zero attached hydrogens (tertiary/aromatic N) is 1. The van der Waals surface area contributed by atoms with Crippen LogP contribution < -0.4 is 10.1 Å². The number of anilines is 1. The third-order valence-electron chi connectivity index (χ3n) is 5.79. The minimum absolute atomic E-state index is 0.0707. The maximum absolute atomic E-state index is 13.1. The minimum atomic E-state index is -0.528. The molecule has 3 rings (SSSR count). The van der Waals surface area contributed by atoms with Crippen LogP contribution in [0, 0.1) is 6.92 Å². The first-order chi connectivity index (χ1) is 14.0. The van der Waals surface area contributed by atoms with Crippen LogP contribution in [0.4, 0.5) is 5.69 Å². The zero-order valence-electron chi connectivity index (χ0n) is 17.6. The number of benzene rings is 2. The van der Waals surface area contributed by atoms with E-state index in [2.05, 4.69) is 17.4 Å². The minimum Gasteiger partial charge on any atom is -0.494 e. The molecule has 2 unspecified atom stereocenters.